The number of rotatable bonds is 4. The highest BCUT2D eigenvalue weighted by Gasteiger charge is 2.36. The third-order valence-corrected chi connectivity index (χ3v) is 4.63. The Kier molecular flexibility index (Phi) is 4.39. The van der Waals surface area contributed by atoms with Gasteiger partial charge in [0.25, 0.3) is 5.91 Å². The quantitative estimate of drug-likeness (QED) is 0.727. The lowest BCUT2D eigenvalue weighted by atomic mass is 9.97. The molecule has 0 N–H and O–H groups in total. The smallest absolute Gasteiger partial charge is 0.267 e. The lowest BCUT2D eigenvalue weighted by Crippen LogP contribution is -2.47. The average molecular weight is 348 g/mol. The number of benzene rings is 2. The molecule has 0 radical (unpaired) electrons. The van der Waals surface area contributed by atoms with Gasteiger partial charge in [0.05, 0.1) is 6.04 Å². The number of aromatic nitrogens is 3. The fraction of sp³-hybridized carbons (Fsp3) is 0.250. The number of anilines is 1. The van der Waals surface area contributed by atoms with Crippen molar-refractivity contribution >= 4 is 11.9 Å². The maximum absolute atomic E-state index is 12.8. The van der Waals surface area contributed by atoms with Crippen LogP contribution in [0, 0.1) is 0 Å². The molecule has 0 aliphatic carbocycles. The first-order valence-corrected chi connectivity index (χ1v) is 8.68. The molecule has 0 saturated carbocycles. The second-order valence-electron chi connectivity index (χ2n) is 6.38. The normalized spacial score (nSPS) is 19.0. The van der Waals surface area contributed by atoms with Crippen molar-refractivity contribution in [3.8, 4) is 5.75 Å². The molecule has 2 atom stereocenters. The minimum atomic E-state index is -0.123. The Hall–Kier alpha value is -3.15. The predicted molar refractivity (Wildman–Crippen MR) is 98.1 cm³/mol. The molecular formula is C20H20N4O2. The van der Waals surface area contributed by atoms with Crippen LogP contribution in [0.15, 0.2) is 67.0 Å². The summed E-state index contributed by atoms with van der Waals surface area (Å²) < 4.78 is 7.45. The number of hydrogen-bond donors (Lipinski definition) is 0. The molecular weight excluding hydrogens is 328 g/mol. The molecule has 132 valence electrons. The largest absolute Gasteiger partial charge is 0.484 e. The van der Waals surface area contributed by atoms with Crippen LogP contribution in [0.1, 0.15) is 24.9 Å². The SMILES string of the molecule is C[C@@H]1C[C@@H](c2ccccc2)n2ncnc2N1C(=O)COc1ccccc1. The van der Waals surface area contributed by atoms with E-state index in [1.54, 1.807) is 4.90 Å². The Morgan fingerprint density at radius 1 is 1.12 bits per heavy atom. The van der Waals surface area contributed by atoms with Crippen molar-refractivity contribution in [1.82, 2.24) is 14.8 Å². The van der Waals surface area contributed by atoms with Crippen LogP contribution in [0.4, 0.5) is 5.95 Å². The summed E-state index contributed by atoms with van der Waals surface area (Å²) in [6.45, 7) is 2.01. The zero-order valence-corrected chi connectivity index (χ0v) is 14.5. The minimum absolute atomic E-state index is 0.00350. The molecule has 1 aromatic heterocycles. The van der Waals surface area contributed by atoms with Gasteiger partial charge in [0.1, 0.15) is 12.1 Å². The maximum Gasteiger partial charge on any atom is 0.267 e. The Morgan fingerprint density at radius 3 is 2.54 bits per heavy atom. The first-order chi connectivity index (χ1) is 12.7. The van der Waals surface area contributed by atoms with Crippen molar-refractivity contribution in [2.24, 2.45) is 0 Å². The van der Waals surface area contributed by atoms with Crippen molar-refractivity contribution in [2.45, 2.75) is 25.4 Å². The third-order valence-electron chi connectivity index (χ3n) is 4.63. The van der Waals surface area contributed by atoms with Crippen molar-refractivity contribution in [1.29, 1.82) is 0 Å². The fourth-order valence-electron chi connectivity index (χ4n) is 3.40. The molecule has 26 heavy (non-hydrogen) atoms. The Balaban J connectivity index is 1.56. The van der Waals surface area contributed by atoms with Gasteiger partial charge in [-0.3, -0.25) is 9.69 Å². The lowest BCUT2D eigenvalue weighted by molar-refractivity contribution is -0.121. The summed E-state index contributed by atoms with van der Waals surface area (Å²) >= 11 is 0. The van der Waals surface area contributed by atoms with Gasteiger partial charge in [0, 0.05) is 6.04 Å². The second kappa shape index (κ2) is 7.00. The van der Waals surface area contributed by atoms with Crippen molar-refractivity contribution in [3.63, 3.8) is 0 Å². The molecule has 1 aliphatic heterocycles. The molecule has 1 amide bonds. The van der Waals surface area contributed by atoms with Gasteiger partial charge in [0.15, 0.2) is 6.61 Å². The van der Waals surface area contributed by atoms with E-state index in [2.05, 4.69) is 22.2 Å². The van der Waals surface area contributed by atoms with Crippen molar-refractivity contribution in [3.05, 3.63) is 72.6 Å². The van der Waals surface area contributed by atoms with Gasteiger partial charge >= 0.3 is 0 Å². The number of hydrogen-bond acceptors (Lipinski definition) is 4. The molecule has 0 unspecified atom stereocenters. The topological polar surface area (TPSA) is 60.2 Å². The number of para-hydroxylation sites is 1. The molecule has 4 rings (SSSR count). The lowest BCUT2D eigenvalue weighted by Gasteiger charge is -2.37. The monoisotopic (exact) mass is 348 g/mol. The summed E-state index contributed by atoms with van der Waals surface area (Å²) in [7, 11) is 0. The number of fused-ring (bicyclic) bond motifs is 1. The molecule has 3 aromatic rings. The van der Waals surface area contributed by atoms with Crippen LogP contribution in [0.3, 0.4) is 0 Å². The highest BCUT2D eigenvalue weighted by molar-refractivity contribution is 5.93. The van der Waals surface area contributed by atoms with E-state index in [1.807, 2.05) is 60.1 Å². The van der Waals surface area contributed by atoms with Gasteiger partial charge in [-0.05, 0) is 31.0 Å². The number of nitrogens with zero attached hydrogens (tertiary/aromatic N) is 4. The Morgan fingerprint density at radius 2 is 1.81 bits per heavy atom. The highest BCUT2D eigenvalue weighted by atomic mass is 16.5. The van der Waals surface area contributed by atoms with E-state index in [1.165, 1.54) is 11.9 Å². The molecule has 0 bridgehead atoms. The molecule has 2 aromatic carbocycles. The highest BCUT2D eigenvalue weighted by Crippen LogP contribution is 2.34. The molecule has 6 heteroatoms. The molecule has 6 nitrogen and oxygen atoms in total. The molecule has 0 saturated heterocycles. The number of amides is 1. The number of carbonyl (C=O) groups excluding carboxylic acids is 1. The predicted octanol–water partition coefficient (Wildman–Crippen LogP) is 3.07. The van der Waals surface area contributed by atoms with Crippen molar-refractivity contribution < 1.29 is 9.53 Å². The molecule has 0 fully saturated rings. The van der Waals surface area contributed by atoms with Crippen LogP contribution in [0.5, 0.6) is 5.75 Å². The van der Waals surface area contributed by atoms with Gasteiger partial charge in [-0.1, -0.05) is 48.5 Å². The van der Waals surface area contributed by atoms with E-state index in [0.29, 0.717) is 11.7 Å². The first kappa shape index (κ1) is 16.3. The average Bonchev–Trinajstić information content (AvgIpc) is 3.16. The van der Waals surface area contributed by atoms with E-state index in [9.17, 15) is 4.79 Å². The van der Waals surface area contributed by atoms with Crippen LogP contribution in [-0.4, -0.2) is 33.3 Å². The summed E-state index contributed by atoms with van der Waals surface area (Å²) in [4.78, 5) is 18.8. The van der Waals surface area contributed by atoms with Crippen LogP contribution >= 0.6 is 0 Å². The van der Waals surface area contributed by atoms with E-state index >= 15 is 0 Å². The van der Waals surface area contributed by atoms with Gasteiger partial charge in [-0.2, -0.15) is 10.1 Å². The van der Waals surface area contributed by atoms with E-state index < -0.39 is 0 Å². The zero-order valence-electron chi connectivity index (χ0n) is 14.5. The summed E-state index contributed by atoms with van der Waals surface area (Å²) in [5.41, 5.74) is 1.17. The van der Waals surface area contributed by atoms with E-state index in [-0.39, 0.29) is 24.6 Å². The van der Waals surface area contributed by atoms with Gasteiger partial charge in [-0.15, -0.1) is 0 Å². The molecule has 1 aliphatic rings. The summed E-state index contributed by atoms with van der Waals surface area (Å²) in [5.74, 6) is 1.12. The summed E-state index contributed by atoms with van der Waals surface area (Å²) in [5, 5.41) is 4.37. The Bertz CT molecular complexity index is 879. The third kappa shape index (κ3) is 3.06. The van der Waals surface area contributed by atoms with Gasteiger partial charge in [-0.25, -0.2) is 4.68 Å². The number of carbonyl (C=O) groups is 1. The molecule has 0 spiro atoms. The van der Waals surface area contributed by atoms with Crippen LogP contribution in [-0.2, 0) is 4.79 Å². The van der Waals surface area contributed by atoms with E-state index in [4.69, 9.17) is 4.74 Å². The van der Waals surface area contributed by atoms with Crippen molar-refractivity contribution in [2.75, 3.05) is 11.5 Å². The fourth-order valence-corrected chi connectivity index (χ4v) is 3.40. The van der Waals surface area contributed by atoms with Crippen LogP contribution in [0.25, 0.3) is 0 Å². The summed E-state index contributed by atoms with van der Waals surface area (Å²) in [6, 6.07) is 19.6. The molecule has 2 heterocycles. The Labute approximate surface area is 152 Å². The standard InChI is InChI=1S/C20H20N4O2/c1-15-12-18(16-8-4-2-5-9-16)24-20(21-14-22-24)23(15)19(25)13-26-17-10-6-3-7-11-17/h2-11,14-15,18H,12-13H2,1H3/t15-,18+/m1/s1. The second-order valence-corrected chi connectivity index (χ2v) is 6.38. The maximum atomic E-state index is 12.8. The van der Waals surface area contributed by atoms with Gasteiger partial charge < -0.3 is 4.74 Å². The van der Waals surface area contributed by atoms with E-state index in [0.717, 1.165) is 6.42 Å². The van der Waals surface area contributed by atoms with Crippen LogP contribution in [0.2, 0.25) is 0 Å². The number of ether oxygens (including phenoxy) is 1. The first-order valence-electron chi connectivity index (χ1n) is 8.68. The minimum Gasteiger partial charge on any atom is -0.484 e. The summed E-state index contributed by atoms with van der Waals surface area (Å²) in [6.07, 6.45) is 2.28. The zero-order chi connectivity index (χ0) is 17.9. The van der Waals surface area contributed by atoms with Gasteiger partial charge in [0.2, 0.25) is 5.95 Å². The van der Waals surface area contributed by atoms with Crippen LogP contribution < -0.4 is 9.64 Å².